The van der Waals surface area contributed by atoms with E-state index in [1.165, 1.54) is 6.33 Å². The molecular formula is C13H18N6O. The van der Waals surface area contributed by atoms with Crippen LogP contribution in [0, 0.1) is 6.92 Å². The number of nitrogens with one attached hydrogen (secondary N) is 2. The van der Waals surface area contributed by atoms with Crippen LogP contribution < -0.4 is 10.6 Å². The number of anilines is 1. The van der Waals surface area contributed by atoms with Gasteiger partial charge in [-0.05, 0) is 41.5 Å². The Morgan fingerprint density at radius 2 is 2.25 bits per heavy atom. The first-order valence-electron chi connectivity index (χ1n) is 6.59. The second kappa shape index (κ2) is 6.65. The summed E-state index contributed by atoms with van der Waals surface area (Å²) >= 11 is 0. The van der Waals surface area contributed by atoms with Gasteiger partial charge >= 0.3 is 6.03 Å². The molecule has 2 N–H and O–H groups in total. The van der Waals surface area contributed by atoms with E-state index in [1.54, 1.807) is 4.68 Å². The van der Waals surface area contributed by atoms with Crippen LogP contribution in [0.5, 0.6) is 0 Å². The van der Waals surface area contributed by atoms with Gasteiger partial charge in [0.05, 0.1) is 5.69 Å². The van der Waals surface area contributed by atoms with E-state index in [-0.39, 0.29) is 6.03 Å². The maximum Gasteiger partial charge on any atom is 0.319 e. The van der Waals surface area contributed by atoms with Gasteiger partial charge in [0.2, 0.25) is 0 Å². The molecule has 1 aromatic carbocycles. The van der Waals surface area contributed by atoms with Crippen LogP contribution in [0.4, 0.5) is 10.5 Å². The SMILES string of the molecule is CCCCNC(=O)Nc1ccc(C)c(-n2cnnn2)c1. The molecule has 2 aromatic rings. The minimum atomic E-state index is -0.204. The molecule has 0 atom stereocenters. The number of unbranched alkanes of at least 4 members (excludes halogenated alkanes) is 1. The van der Waals surface area contributed by atoms with Crippen molar-refractivity contribution in [2.45, 2.75) is 26.7 Å². The van der Waals surface area contributed by atoms with Crippen LogP contribution >= 0.6 is 0 Å². The van der Waals surface area contributed by atoms with Crippen molar-refractivity contribution in [3.63, 3.8) is 0 Å². The molecule has 0 aliphatic carbocycles. The Labute approximate surface area is 117 Å². The van der Waals surface area contributed by atoms with E-state index < -0.39 is 0 Å². The molecular weight excluding hydrogens is 256 g/mol. The summed E-state index contributed by atoms with van der Waals surface area (Å²) in [6.07, 6.45) is 3.54. The molecule has 0 aliphatic rings. The number of hydrogen-bond donors (Lipinski definition) is 2. The fourth-order valence-electron chi connectivity index (χ4n) is 1.76. The fourth-order valence-corrected chi connectivity index (χ4v) is 1.76. The van der Waals surface area contributed by atoms with Gasteiger partial charge in [0, 0.05) is 12.2 Å². The summed E-state index contributed by atoms with van der Waals surface area (Å²) in [7, 11) is 0. The van der Waals surface area contributed by atoms with Gasteiger partial charge in [-0.15, -0.1) is 5.10 Å². The van der Waals surface area contributed by atoms with Crippen LogP contribution in [-0.4, -0.2) is 32.8 Å². The van der Waals surface area contributed by atoms with Gasteiger partial charge in [-0.3, -0.25) is 0 Å². The summed E-state index contributed by atoms with van der Waals surface area (Å²) in [5, 5.41) is 16.7. The number of carbonyl (C=O) groups excluding carboxylic acids is 1. The number of nitrogens with zero attached hydrogens (tertiary/aromatic N) is 4. The summed E-state index contributed by atoms with van der Waals surface area (Å²) in [5.74, 6) is 0. The van der Waals surface area contributed by atoms with Crippen LogP contribution in [0.25, 0.3) is 5.69 Å². The maximum absolute atomic E-state index is 11.7. The highest BCUT2D eigenvalue weighted by molar-refractivity contribution is 5.89. The molecule has 0 saturated heterocycles. The second-order valence-electron chi connectivity index (χ2n) is 4.49. The molecule has 2 amide bonds. The third kappa shape index (κ3) is 3.53. The van der Waals surface area contributed by atoms with E-state index in [1.807, 2.05) is 25.1 Å². The Morgan fingerprint density at radius 3 is 2.95 bits per heavy atom. The number of aromatic nitrogens is 4. The summed E-state index contributed by atoms with van der Waals surface area (Å²) in [5.41, 5.74) is 2.56. The Kier molecular flexibility index (Phi) is 4.65. The van der Waals surface area contributed by atoms with Gasteiger partial charge < -0.3 is 10.6 Å². The molecule has 0 radical (unpaired) electrons. The normalized spacial score (nSPS) is 10.3. The molecule has 0 unspecified atom stereocenters. The lowest BCUT2D eigenvalue weighted by Gasteiger charge is -2.10. The van der Waals surface area contributed by atoms with Crippen molar-refractivity contribution in [2.24, 2.45) is 0 Å². The van der Waals surface area contributed by atoms with Crippen LogP contribution in [0.1, 0.15) is 25.3 Å². The Morgan fingerprint density at radius 1 is 1.40 bits per heavy atom. The van der Waals surface area contributed by atoms with Crippen molar-refractivity contribution >= 4 is 11.7 Å². The predicted octanol–water partition coefficient (Wildman–Crippen LogP) is 1.89. The third-order valence-corrected chi connectivity index (χ3v) is 2.88. The van der Waals surface area contributed by atoms with Crippen LogP contribution in [0.15, 0.2) is 24.5 Å². The van der Waals surface area contributed by atoms with E-state index >= 15 is 0 Å². The highest BCUT2D eigenvalue weighted by Crippen LogP contribution is 2.18. The molecule has 0 bridgehead atoms. The van der Waals surface area contributed by atoms with E-state index in [2.05, 4.69) is 33.1 Å². The number of amides is 2. The fraction of sp³-hybridized carbons (Fsp3) is 0.385. The van der Waals surface area contributed by atoms with Crippen molar-refractivity contribution in [3.05, 3.63) is 30.1 Å². The van der Waals surface area contributed by atoms with Crippen molar-refractivity contribution in [2.75, 3.05) is 11.9 Å². The van der Waals surface area contributed by atoms with E-state index in [0.717, 1.165) is 24.1 Å². The first-order valence-corrected chi connectivity index (χ1v) is 6.59. The molecule has 2 rings (SSSR count). The number of tetrazole rings is 1. The molecule has 1 heterocycles. The Balaban J connectivity index is 2.06. The number of rotatable bonds is 5. The van der Waals surface area contributed by atoms with Gasteiger partial charge in [-0.1, -0.05) is 19.4 Å². The first-order chi connectivity index (χ1) is 9.70. The quantitative estimate of drug-likeness (QED) is 0.815. The van der Waals surface area contributed by atoms with Crippen LogP contribution in [-0.2, 0) is 0 Å². The monoisotopic (exact) mass is 274 g/mol. The number of benzene rings is 1. The number of carbonyl (C=O) groups is 1. The van der Waals surface area contributed by atoms with Crippen molar-refractivity contribution in [1.29, 1.82) is 0 Å². The Bertz CT molecular complexity index is 566. The lowest BCUT2D eigenvalue weighted by Crippen LogP contribution is -2.29. The smallest absolute Gasteiger partial charge is 0.319 e. The highest BCUT2D eigenvalue weighted by Gasteiger charge is 2.06. The number of urea groups is 1. The Hall–Kier alpha value is -2.44. The zero-order valence-electron chi connectivity index (χ0n) is 11.6. The lowest BCUT2D eigenvalue weighted by atomic mass is 10.2. The zero-order valence-corrected chi connectivity index (χ0v) is 11.6. The van der Waals surface area contributed by atoms with Crippen molar-refractivity contribution < 1.29 is 4.79 Å². The van der Waals surface area contributed by atoms with Crippen LogP contribution in [0.3, 0.4) is 0 Å². The van der Waals surface area contributed by atoms with Crippen LogP contribution in [0.2, 0.25) is 0 Å². The molecule has 0 spiro atoms. The molecule has 1 aromatic heterocycles. The zero-order chi connectivity index (χ0) is 14.4. The van der Waals surface area contributed by atoms with Crippen molar-refractivity contribution in [3.8, 4) is 5.69 Å². The minimum absolute atomic E-state index is 0.204. The molecule has 7 nitrogen and oxygen atoms in total. The lowest BCUT2D eigenvalue weighted by molar-refractivity contribution is 0.252. The average molecular weight is 274 g/mol. The predicted molar refractivity (Wildman–Crippen MR) is 75.8 cm³/mol. The molecule has 0 aliphatic heterocycles. The largest absolute Gasteiger partial charge is 0.338 e. The van der Waals surface area contributed by atoms with Gasteiger partial charge in [0.1, 0.15) is 6.33 Å². The summed E-state index contributed by atoms with van der Waals surface area (Å²) < 4.78 is 1.56. The van der Waals surface area contributed by atoms with E-state index in [9.17, 15) is 4.79 Å². The average Bonchev–Trinajstić information content (AvgIpc) is 2.95. The first kappa shape index (κ1) is 14.0. The van der Waals surface area contributed by atoms with Crippen molar-refractivity contribution in [1.82, 2.24) is 25.5 Å². The second-order valence-corrected chi connectivity index (χ2v) is 4.49. The van der Waals surface area contributed by atoms with E-state index in [0.29, 0.717) is 12.2 Å². The molecule has 20 heavy (non-hydrogen) atoms. The molecule has 106 valence electrons. The molecule has 0 fully saturated rings. The summed E-state index contributed by atoms with van der Waals surface area (Å²) in [6, 6.07) is 5.40. The standard InChI is InChI=1S/C13H18N6O/c1-3-4-7-14-13(20)16-11-6-5-10(2)12(8-11)19-9-15-17-18-19/h5-6,8-9H,3-4,7H2,1-2H3,(H2,14,16,20). The number of aryl methyl sites for hydroxylation is 1. The van der Waals surface area contributed by atoms with Gasteiger partial charge in [-0.25, -0.2) is 9.48 Å². The van der Waals surface area contributed by atoms with E-state index in [4.69, 9.17) is 0 Å². The van der Waals surface area contributed by atoms with Gasteiger partial charge in [0.15, 0.2) is 0 Å². The third-order valence-electron chi connectivity index (χ3n) is 2.88. The highest BCUT2D eigenvalue weighted by atomic mass is 16.2. The number of hydrogen-bond acceptors (Lipinski definition) is 4. The molecule has 0 saturated carbocycles. The summed E-state index contributed by atoms with van der Waals surface area (Å²) in [4.78, 5) is 11.7. The molecule has 7 heteroatoms. The van der Waals surface area contributed by atoms with Gasteiger partial charge in [-0.2, -0.15) is 0 Å². The topological polar surface area (TPSA) is 84.7 Å². The summed E-state index contributed by atoms with van der Waals surface area (Å²) in [6.45, 7) is 4.72. The maximum atomic E-state index is 11.7. The minimum Gasteiger partial charge on any atom is -0.338 e. The van der Waals surface area contributed by atoms with Gasteiger partial charge in [0.25, 0.3) is 0 Å².